The molecule has 0 amide bonds. The number of hydrogen-bond donors (Lipinski definition) is 4. The van der Waals surface area contributed by atoms with E-state index in [2.05, 4.69) is 89.3 Å². The summed E-state index contributed by atoms with van der Waals surface area (Å²) in [7, 11) is 0. The lowest BCUT2D eigenvalue weighted by Crippen LogP contribution is -2.24. The molecule has 4 aliphatic carbocycles. The van der Waals surface area contributed by atoms with Crippen molar-refractivity contribution in [3.05, 3.63) is 166 Å². The van der Waals surface area contributed by atoms with Gasteiger partial charge in [0.1, 0.15) is 23.3 Å². The largest absolute Gasteiger partial charge is 0.389 e. The third kappa shape index (κ3) is 7.79. The van der Waals surface area contributed by atoms with Crippen LogP contribution in [0.25, 0.3) is 45.0 Å². The quantitative estimate of drug-likeness (QED) is 0.116. The molecule has 4 atom stereocenters. The van der Waals surface area contributed by atoms with Gasteiger partial charge < -0.3 is 20.8 Å². The number of anilines is 2. The van der Waals surface area contributed by atoms with Crippen LogP contribution in [0, 0.1) is 11.6 Å². The summed E-state index contributed by atoms with van der Waals surface area (Å²) in [6.07, 6.45) is 15.6. The predicted molar refractivity (Wildman–Crippen MR) is 250 cm³/mol. The highest BCUT2D eigenvalue weighted by molar-refractivity contribution is 5.79. The normalized spacial score (nSPS) is 18.3. The fourth-order valence-corrected chi connectivity index (χ4v) is 10.2. The Morgan fingerprint density at radius 2 is 1.03 bits per heavy atom. The maximum absolute atomic E-state index is 13.9. The molecular formula is C52H48F2N10O2. The molecule has 0 unspecified atom stereocenters. The lowest BCUT2D eigenvalue weighted by Gasteiger charge is -2.26. The van der Waals surface area contributed by atoms with E-state index in [1.165, 1.54) is 57.9 Å². The smallest absolute Gasteiger partial charge is 0.163 e. The number of pyridine rings is 2. The Bertz CT molecular complexity index is 3030. The Labute approximate surface area is 379 Å². The summed E-state index contributed by atoms with van der Waals surface area (Å²) in [4.78, 5) is 17.3. The standard InChI is InChI=1S/2C26H24FN5O/c2*1-15(33)23-14-29-32-25(11-24(31-26(23)32)18-9-19(27)13-28-12-18)30-20-7-6-17-8-16-4-2-3-5-21(16)22(17)10-20/h2*2-5,9,11-15,20,30,33H,6-8,10H2,1H3/t15-,20+;15-,20-/m01/s1. The van der Waals surface area contributed by atoms with Gasteiger partial charge in [-0.25, -0.2) is 18.7 Å². The average molecular weight is 883 g/mol. The summed E-state index contributed by atoms with van der Waals surface area (Å²) in [5.41, 5.74) is 16.3. The van der Waals surface area contributed by atoms with E-state index < -0.39 is 23.8 Å². The van der Waals surface area contributed by atoms with Gasteiger partial charge in [-0.3, -0.25) is 9.97 Å². The van der Waals surface area contributed by atoms with Gasteiger partial charge >= 0.3 is 0 Å². The lowest BCUT2D eigenvalue weighted by molar-refractivity contribution is 0.200. The molecule has 0 bridgehead atoms. The molecule has 0 fully saturated rings. The van der Waals surface area contributed by atoms with Crippen molar-refractivity contribution in [3.8, 4) is 22.5 Å². The highest BCUT2D eigenvalue weighted by Crippen LogP contribution is 2.44. The summed E-state index contributed by atoms with van der Waals surface area (Å²) in [6, 6.07) is 24.4. The van der Waals surface area contributed by atoms with Crippen LogP contribution in [0.2, 0.25) is 0 Å². The second kappa shape index (κ2) is 17.0. The van der Waals surface area contributed by atoms with E-state index in [4.69, 9.17) is 0 Å². The summed E-state index contributed by atoms with van der Waals surface area (Å²) in [5.74, 6) is 0.706. The average Bonchev–Trinajstić information content (AvgIpc) is 4.12. The van der Waals surface area contributed by atoms with Crippen molar-refractivity contribution in [2.24, 2.45) is 0 Å². The van der Waals surface area contributed by atoms with Gasteiger partial charge in [-0.15, -0.1) is 0 Å². The third-order valence-corrected chi connectivity index (χ3v) is 13.4. The first-order valence-corrected chi connectivity index (χ1v) is 22.6. The molecule has 2 aromatic carbocycles. The molecule has 0 radical (unpaired) electrons. The van der Waals surface area contributed by atoms with Gasteiger partial charge in [0, 0.05) is 58.9 Å². The zero-order chi connectivity index (χ0) is 45.1. The number of nitrogens with one attached hydrogen (secondary N) is 2. The molecule has 66 heavy (non-hydrogen) atoms. The fourth-order valence-electron chi connectivity index (χ4n) is 10.2. The monoisotopic (exact) mass is 882 g/mol. The molecule has 14 heteroatoms. The first-order valence-electron chi connectivity index (χ1n) is 22.6. The molecule has 8 aromatic rings. The molecular weight excluding hydrogens is 835 g/mol. The second-order valence-corrected chi connectivity index (χ2v) is 17.9. The van der Waals surface area contributed by atoms with Crippen molar-refractivity contribution >= 4 is 34.1 Å². The Hall–Kier alpha value is -7.16. The number of halogens is 2. The van der Waals surface area contributed by atoms with E-state index in [1.54, 1.807) is 58.8 Å². The maximum atomic E-state index is 13.9. The van der Waals surface area contributed by atoms with Crippen LogP contribution < -0.4 is 10.6 Å². The van der Waals surface area contributed by atoms with E-state index in [1.807, 2.05) is 12.1 Å². The second-order valence-electron chi connectivity index (χ2n) is 17.9. The first-order chi connectivity index (χ1) is 32.1. The number of allylic oxidation sites excluding steroid dienone is 2. The van der Waals surface area contributed by atoms with Crippen molar-refractivity contribution in [2.45, 2.75) is 89.5 Å². The van der Waals surface area contributed by atoms with Gasteiger partial charge in [0.05, 0.1) is 48.4 Å². The van der Waals surface area contributed by atoms with Crippen LogP contribution in [0.1, 0.15) is 98.0 Å². The Morgan fingerprint density at radius 1 is 0.591 bits per heavy atom. The minimum atomic E-state index is -0.721. The van der Waals surface area contributed by atoms with Crippen molar-refractivity contribution in [1.29, 1.82) is 0 Å². The number of rotatable bonds is 8. The van der Waals surface area contributed by atoms with Crippen LogP contribution in [0.4, 0.5) is 20.4 Å². The predicted octanol–water partition coefficient (Wildman–Crippen LogP) is 9.92. The summed E-state index contributed by atoms with van der Waals surface area (Å²) in [5, 5.41) is 36.8. The number of aromatic nitrogens is 8. The molecule has 12 rings (SSSR count). The zero-order valence-electron chi connectivity index (χ0n) is 36.6. The minimum Gasteiger partial charge on any atom is -0.389 e. The van der Waals surface area contributed by atoms with Gasteiger partial charge in [0.25, 0.3) is 0 Å². The number of aliphatic hydroxyl groups excluding tert-OH is 2. The Morgan fingerprint density at radius 3 is 1.45 bits per heavy atom. The van der Waals surface area contributed by atoms with Gasteiger partial charge in [0.15, 0.2) is 11.3 Å². The van der Waals surface area contributed by atoms with E-state index in [0.717, 1.165) is 63.0 Å². The van der Waals surface area contributed by atoms with E-state index >= 15 is 0 Å². The van der Waals surface area contributed by atoms with E-state index in [-0.39, 0.29) is 12.1 Å². The number of nitrogens with zero attached hydrogens (tertiary/aromatic N) is 8. The lowest BCUT2D eigenvalue weighted by atomic mass is 9.88. The fraction of sp³-hybridized carbons (Fsp3) is 0.269. The van der Waals surface area contributed by atoms with Gasteiger partial charge in [-0.1, -0.05) is 59.7 Å². The summed E-state index contributed by atoms with van der Waals surface area (Å²) >= 11 is 0. The minimum absolute atomic E-state index is 0.234. The Kier molecular flexibility index (Phi) is 10.7. The van der Waals surface area contributed by atoms with Crippen molar-refractivity contribution < 1.29 is 19.0 Å². The zero-order valence-corrected chi connectivity index (χ0v) is 36.6. The van der Waals surface area contributed by atoms with Crippen LogP contribution in [0.5, 0.6) is 0 Å². The molecule has 0 saturated carbocycles. The molecule has 0 aliphatic heterocycles. The molecule has 6 aromatic heterocycles. The van der Waals surface area contributed by atoms with Crippen LogP contribution in [0.15, 0.2) is 121 Å². The molecule has 332 valence electrons. The van der Waals surface area contributed by atoms with Crippen molar-refractivity contribution in [2.75, 3.05) is 10.6 Å². The van der Waals surface area contributed by atoms with Crippen LogP contribution in [-0.4, -0.2) is 61.5 Å². The highest BCUT2D eigenvalue weighted by atomic mass is 19.1. The topological polar surface area (TPSA) is 151 Å². The molecule has 4 N–H and O–H groups in total. The van der Waals surface area contributed by atoms with Crippen molar-refractivity contribution in [3.63, 3.8) is 0 Å². The third-order valence-electron chi connectivity index (χ3n) is 13.4. The van der Waals surface area contributed by atoms with Crippen LogP contribution in [-0.2, 0) is 12.8 Å². The molecule has 6 heterocycles. The van der Waals surface area contributed by atoms with E-state index in [0.29, 0.717) is 44.9 Å². The number of benzene rings is 2. The number of hydrogen-bond acceptors (Lipinski definition) is 10. The van der Waals surface area contributed by atoms with Gasteiger partial charge in [-0.2, -0.15) is 19.2 Å². The number of fused-ring (bicyclic) bond motifs is 6. The molecule has 12 nitrogen and oxygen atoms in total. The first kappa shape index (κ1) is 41.5. The van der Waals surface area contributed by atoms with Gasteiger partial charge in [-0.05, 0) is 111 Å². The molecule has 4 aliphatic rings. The highest BCUT2D eigenvalue weighted by Gasteiger charge is 2.30. The van der Waals surface area contributed by atoms with Crippen molar-refractivity contribution in [1.82, 2.24) is 39.2 Å². The molecule has 0 spiro atoms. The van der Waals surface area contributed by atoms with Crippen LogP contribution in [0.3, 0.4) is 0 Å². The Balaban J connectivity index is 0.000000146. The van der Waals surface area contributed by atoms with E-state index in [9.17, 15) is 19.0 Å². The molecule has 0 saturated heterocycles. The SMILES string of the molecule is C[C@@H](O)c1cnn2c(N[C@@H]3CCC4=C(C3)c3ccccc3C4)cc(-c3cncc(F)c3)nc12.C[C@H](O)c1cnn2c(N[C@@H]3CCC4=C(C3)c3ccccc3C4)cc(-c3cncc(F)c3)nc12. The maximum Gasteiger partial charge on any atom is 0.163 e. The van der Waals surface area contributed by atoms with Gasteiger partial charge in [0.2, 0.25) is 0 Å². The summed E-state index contributed by atoms with van der Waals surface area (Å²) in [6.45, 7) is 3.38. The summed E-state index contributed by atoms with van der Waals surface area (Å²) < 4.78 is 31.2. The number of aliphatic hydroxyl groups is 2. The van der Waals surface area contributed by atoms with Crippen LogP contribution >= 0.6 is 0 Å².